The van der Waals surface area contributed by atoms with E-state index in [4.69, 9.17) is 0 Å². The van der Waals surface area contributed by atoms with E-state index < -0.39 is 0 Å². The quantitative estimate of drug-likeness (QED) is 0.850. The van der Waals surface area contributed by atoms with Crippen LogP contribution in [-0.4, -0.2) is 22.6 Å². The van der Waals surface area contributed by atoms with Crippen LogP contribution in [0.4, 0.5) is 16.0 Å². The van der Waals surface area contributed by atoms with Gasteiger partial charge in [0.1, 0.15) is 23.8 Å². The van der Waals surface area contributed by atoms with Crippen molar-refractivity contribution in [2.24, 2.45) is 0 Å². The Hall–Kier alpha value is -2.17. The monoisotopic (exact) mass is 274 g/mol. The van der Waals surface area contributed by atoms with E-state index in [1.807, 2.05) is 26.0 Å². The normalized spacial score (nSPS) is 10.6. The smallest absolute Gasteiger partial charge is 0.131 e. The molecule has 0 saturated carbocycles. The van der Waals surface area contributed by atoms with Crippen LogP contribution in [0.1, 0.15) is 19.4 Å². The Morgan fingerprint density at radius 1 is 1.15 bits per heavy atom. The summed E-state index contributed by atoms with van der Waals surface area (Å²) in [5, 5.41) is 6.39. The third kappa shape index (κ3) is 4.19. The van der Waals surface area contributed by atoms with Crippen molar-refractivity contribution in [3.05, 3.63) is 48.0 Å². The minimum atomic E-state index is -0.167. The first-order chi connectivity index (χ1) is 9.65. The summed E-state index contributed by atoms with van der Waals surface area (Å²) in [5.74, 6) is 1.35. The molecule has 5 heteroatoms. The molecule has 0 radical (unpaired) electrons. The van der Waals surface area contributed by atoms with E-state index in [0.717, 1.165) is 11.6 Å². The molecule has 1 heterocycles. The highest BCUT2D eigenvalue weighted by atomic mass is 19.1. The van der Waals surface area contributed by atoms with Gasteiger partial charge < -0.3 is 10.6 Å². The molecular weight excluding hydrogens is 255 g/mol. The predicted molar refractivity (Wildman–Crippen MR) is 79.4 cm³/mol. The zero-order valence-corrected chi connectivity index (χ0v) is 11.7. The number of benzene rings is 1. The molecule has 0 bridgehead atoms. The van der Waals surface area contributed by atoms with Crippen molar-refractivity contribution in [2.75, 3.05) is 17.2 Å². The van der Waals surface area contributed by atoms with E-state index in [0.29, 0.717) is 24.6 Å². The average molecular weight is 274 g/mol. The highest BCUT2D eigenvalue weighted by molar-refractivity contribution is 5.46. The number of nitrogens with one attached hydrogen (secondary N) is 2. The first-order valence-electron chi connectivity index (χ1n) is 6.71. The zero-order chi connectivity index (χ0) is 14.4. The lowest BCUT2D eigenvalue weighted by Crippen LogP contribution is -2.12. The van der Waals surface area contributed by atoms with Gasteiger partial charge in [-0.1, -0.05) is 18.2 Å². The van der Waals surface area contributed by atoms with Crippen LogP contribution in [0, 0.1) is 5.82 Å². The van der Waals surface area contributed by atoms with Crippen molar-refractivity contribution >= 4 is 11.6 Å². The van der Waals surface area contributed by atoms with E-state index in [9.17, 15) is 4.39 Å². The number of nitrogens with zero attached hydrogens (tertiary/aromatic N) is 2. The molecule has 0 aliphatic rings. The van der Waals surface area contributed by atoms with Crippen LogP contribution in [0.3, 0.4) is 0 Å². The third-order valence-corrected chi connectivity index (χ3v) is 2.76. The largest absolute Gasteiger partial charge is 0.370 e. The highest BCUT2D eigenvalue weighted by Gasteiger charge is 2.02. The molecule has 0 saturated heterocycles. The summed E-state index contributed by atoms with van der Waals surface area (Å²) in [4.78, 5) is 8.28. The van der Waals surface area contributed by atoms with E-state index in [1.165, 1.54) is 12.4 Å². The minimum absolute atomic E-state index is 0.167. The summed E-state index contributed by atoms with van der Waals surface area (Å²) in [7, 11) is 0. The molecule has 0 aliphatic heterocycles. The lowest BCUT2D eigenvalue weighted by Gasteiger charge is -2.10. The molecule has 2 rings (SSSR count). The Morgan fingerprint density at radius 3 is 2.65 bits per heavy atom. The van der Waals surface area contributed by atoms with Gasteiger partial charge in [0.05, 0.1) is 0 Å². The first kappa shape index (κ1) is 14.2. The van der Waals surface area contributed by atoms with Crippen LogP contribution in [-0.2, 0) is 6.42 Å². The maximum Gasteiger partial charge on any atom is 0.131 e. The van der Waals surface area contributed by atoms with Gasteiger partial charge in [0.2, 0.25) is 0 Å². The van der Waals surface area contributed by atoms with Gasteiger partial charge in [-0.05, 0) is 31.9 Å². The SMILES string of the molecule is CC(C)Nc1cc(NCCc2ccccc2F)ncn1. The van der Waals surface area contributed by atoms with E-state index in [2.05, 4.69) is 20.6 Å². The van der Waals surface area contributed by atoms with Gasteiger partial charge in [-0.3, -0.25) is 0 Å². The summed E-state index contributed by atoms with van der Waals surface area (Å²) < 4.78 is 13.5. The van der Waals surface area contributed by atoms with Crippen LogP contribution in [0.5, 0.6) is 0 Å². The maximum absolute atomic E-state index is 13.5. The van der Waals surface area contributed by atoms with Gasteiger partial charge in [-0.15, -0.1) is 0 Å². The van der Waals surface area contributed by atoms with E-state index in [1.54, 1.807) is 12.1 Å². The van der Waals surface area contributed by atoms with Gasteiger partial charge in [0, 0.05) is 18.7 Å². The molecule has 0 unspecified atom stereocenters. The second kappa shape index (κ2) is 6.84. The summed E-state index contributed by atoms with van der Waals surface area (Å²) in [6.45, 7) is 4.72. The minimum Gasteiger partial charge on any atom is -0.370 e. The molecule has 2 aromatic rings. The molecule has 0 atom stereocenters. The molecule has 0 fully saturated rings. The van der Waals surface area contributed by atoms with Gasteiger partial charge in [-0.25, -0.2) is 14.4 Å². The van der Waals surface area contributed by atoms with Crippen molar-refractivity contribution in [3.8, 4) is 0 Å². The zero-order valence-electron chi connectivity index (χ0n) is 11.7. The fourth-order valence-electron chi connectivity index (χ4n) is 1.86. The molecule has 1 aromatic heterocycles. The summed E-state index contributed by atoms with van der Waals surface area (Å²) in [6, 6.07) is 8.97. The summed E-state index contributed by atoms with van der Waals surface area (Å²) >= 11 is 0. The van der Waals surface area contributed by atoms with Crippen LogP contribution in [0.25, 0.3) is 0 Å². The van der Waals surface area contributed by atoms with Crippen LogP contribution in [0.15, 0.2) is 36.7 Å². The van der Waals surface area contributed by atoms with Crippen LogP contribution >= 0.6 is 0 Å². The molecular formula is C15H19FN4. The number of anilines is 2. The van der Waals surface area contributed by atoms with Crippen LogP contribution in [0.2, 0.25) is 0 Å². The number of hydrogen-bond donors (Lipinski definition) is 2. The van der Waals surface area contributed by atoms with E-state index >= 15 is 0 Å². The topological polar surface area (TPSA) is 49.8 Å². The van der Waals surface area contributed by atoms with Crippen LogP contribution < -0.4 is 10.6 Å². The molecule has 4 nitrogen and oxygen atoms in total. The fraction of sp³-hybridized carbons (Fsp3) is 0.333. The molecule has 0 spiro atoms. The van der Waals surface area contributed by atoms with E-state index in [-0.39, 0.29) is 5.82 Å². The van der Waals surface area contributed by atoms with Crippen molar-refractivity contribution in [1.29, 1.82) is 0 Å². The van der Waals surface area contributed by atoms with Gasteiger partial charge in [0.15, 0.2) is 0 Å². The third-order valence-electron chi connectivity index (χ3n) is 2.76. The molecule has 1 aromatic carbocycles. The number of aromatic nitrogens is 2. The number of rotatable bonds is 6. The van der Waals surface area contributed by atoms with Crippen molar-refractivity contribution in [2.45, 2.75) is 26.3 Å². The Balaban J connectivity index is 1.89. The van der Waals surface area contributed by atoms with Crippen molar-refractivity contribution in [3.63, 3.8) is 0 Å². The fourth-order valence-corrected chi connectivity index (χ4v) is 1.86. The lowest BCUT2D eigenvalue weighted by atomic mass is 10.1. The Morgan fingerprint density at radius 2 is 1.90 bits per heavy atom. The lowest BCUT2D eigenvalue weighted by molar-refractivity contribution is 0.610. The summed E-state index contributed by atoms with van der Waals surface area (Å²) in [6.07, 6.45) is 2.12. The van der Waals surface area contributed by atoms with Gasteiger partial charge >= 0.3 is 0 Å². The molecule has 0 aliphatic carbocycles. The molecule has 106 valence electrons. The molecule has 0 amide bonds. The standard InChI is InChI=1S/C15H19FN4/c1-11(2)20-15-9-14(18-10-19-15)17-8-7-12-5-3-4-6-13(12)16/h3-6,9-11H,7-8H2,1-2H3,(H2,17,18,19,20). The molecule has 20 heavy (non-hydrogen) atoms. The van der Waals surface area contributed by atoms with Crippen molar-refractivity contribution in [1.82, 2.24) is 9.97 Å². The second-order valence-electron chi connectivity index (χ2n) is 4.86. The maximum atomic E-state index is 13.5. The average Bonchev–Trinajstić information content (AvgIpc) is 2.41. The first-order valence-corrected chi connectivity index (χ1v) is 6.71. The highest BCUT2D eigenvalue weighted by Crippen LogP contribution is 2.11. The van der Waals surface area contributed by atoms with Gasteiger partial charge in [0.25, 0.3) is 0 Å². The number of hydrogen-bond acceptors (Lipinski definition) is 4. The number of halogens is 1. The second-order valence-corrected chi connectivity index (χ2v) is 4.86. The summed E-state index contributed by atoms with van der Waals surface area (Å²) in [5.41, 5.74) is 0.703. The Labute approximate surface area is 118 Å². The Bertz CT molecular complexity index is 557. The van der Waals surface area contributed by atoms with Crippen molar-refractivity contribution < 1.29 is 4.39 Å². The predicted octanol–water partition coefficient (Wildman–Crippen LogP) is 3.09. The molecule has 2 N–H and O–H groups in total. The van der Waals surface area contributed by atoms with Gasteiger partial charge in [-0.2, -0.15) is 0 Å². The Kier molecular flexibility index (Phi) is 4.87.